The van der Waals surface area contributed by atoms with Crippen LogP contribution in [0.4, 0.5) is 11.4 Å². The molecule has 6 heteroatoms. The molecule has 1 heterocycles. The average Bonchev–Trinajstić information content (AvgIpc) is 2.74. The Kier molecular flexibility index (Phi) is 10.7. The largest absolute Gasteiger partial charge is 0.371 e. The maximum atomic E-state index is 13.0. The second kappa shape index (κ2) is 13.3. The molecule has 2 amide bonds. The molecule has 0 radical (unpaired) electrons. The first-order chi connectivity index (χ1) is 14.5. The summed E-state index contributed by atoms with van der Waals surface area (Å²) in [5, 5.41) is 6.04. The molecule has 0 bridgehead atoms. The molecule has 0 aliphatic carbocycles. The molecular weight excluding hydrogens is 376 g/mol. The number of nitrogens with zero attached hydrogens (tertiary/aromatic N) is 2. The lowest BCUT2D eigenvalue weighted by atomic mass is 10.1. The van der Waals surface area contributed by atoms with E-state index in [0.717, 1.165) is 70.3 Å². The minimum atomic E-state index is -0.0617. The Morgan fingerprint density at radius 3 is 2.50 bits per heavy atom. The number of carbonyl (C=O) groups excluding carboxylic acids is 2. The van der Waals surface area contributed by atoms with Crippen LogP contribution in [0.1, 0.15) is 75.1 Å². The normalized spacial score (nSPS) is 14.1. The van der Waals surface area contributed by atoms with Crippen LogP contribution >= 0.6 is 0 Å². The van der Waals surface area contributed by atoms with Crippen LogP contribution in [-0.2, 0) is 4.79 Å². The van der Waals surface area contributed by atoms with Crippen LogP contribution in [0.5, 0.6) is 0 Å². The highest BCUT2D eigenvalue weighted by molar-refractivity contribution is 6.02. The molecule has 1 aromatic carbocycles. The van der Waals surface area contributed by atoms with Crippen LogP contribution in [0.15, 0.2) is 18.2 Å². The summed E-state index contributed by atoms with van der Waals surface area (Å²) in [6.45, 7) is 5.70. The Morgan fingerprint density at radius 1 is 1.03 bits per heavy atom. The minimum Gasteiger partial charge on any atom is -0.371 e. The first-order valence-corrected chi connectivity index (χ1v) is 11.6. The molecule has 2 rings (SSSR count). The molecule has 168 valence electrons. The molecule has 0 atom stereocenters. The van der Waals surface area contributed by atoms with Crippen molar-refractivity contribution in [3.05, 3.63) is 23.8 Å². The number of anilines is 2. The van der Waals surface area contributed by atoms with Crippen molar-refractivity contribution in [3.63, 3.8) is 0 Å². The van der Waals surface area contributed by atoms with E-state index in [0.29, 0.717) is 24.2 Å². The summed E-state index contributed by atoms with van der Waals surface area (Å²) in [5.41, 5.74) is 2.33. The lowest BCUT2D eigenvalue weighted by Crippen LogP contribution is -2.33. The van der Waals surface area contributed by atoms with Crippen molar-refractivity contribution in [2.24, 2.45) is 0 Å². The molecule has 6 nitrogen and oxygen atoms in total. The van der Waals surface area contributed by atoms with Gasteiger partial charge in [0.2, 0.25) is 5.91 Å². The Morgan fingerprint density at radius 2 is 1.80 bits per heavy atom. The molecule has 0 spiro atoms. The van der Waals surface area contributed by atoms with E-state index in [1.807, 2.05) is 32.3 Å². The smallest absolute Gasteiger partial charge is 0.253 e. The van der Waals surface area contributed by atoms with Gasteiger partial charge in [0, 0.05) is 37.4 Å². The number of rotatable bonds is 12. The van der Waals surface area contributed by atoms with Gasteiger partial charge in [0.15, 0.2) is 0 Å². The highest BCUT2D eigenvalue weighted by Crippen LogP contribution is 2.27. The van der Waals surface area contributed by atoms with Crippen molar-refractivity contribution in [1.29, 1.82) is 0 Å². The van der Waals surface area contributed by atoms with Crippen LogP contribution in [0.25, 0.3) is 0 Å². The Hall–Kier alpha value is -2.08. The van der Waals surface area contributed by atoms with Gasteiger partial charge in [-0.3, -0.25) is 9.59 Å². The van der Waals surface area contributed by atoms with Gasteiger partial charge in [0.25, 0.3) is 5.91 Å². The predicted molar refractivity (Wildman–Crippen MR) is 125 cm³/mol. The fourth-order valence-electron chi connectivity index (χ4n) is 3.83. The van der Waals surface area contributed by atoms with Gasteiger partial charge in [0.1, 0.15) is 0 Å². The van der Waals surface area contributed by atoms with Gasteiger partial charge < -0.3 is 20.4 Å². The second-order valence-corrected chi connectivity index (χ2v) is 8.55. The fraction of sp³-hybridized carbons (Fsp3) is 0.667. The van der Waals surface area contributed by atoms with Gasteiger partial charge in [-0.05, 0) is 70.9 Å². The zero-order chi connectivity index (χ0) is 21.8. The van der Waals surface area contributed by atoms with Crippen LogP contribution in [0.3, 0.4) is 0 Å². The standard InChI is InChI=1S/C24H40N4O2/c1-4-5-6-8-12-23(29)26-20-13-14-22(28-17-9-7-10-18-28)21(19-20)24(30)25-15-11-16-27(2)3/h13-14,19H,4-12,15-18H2,1-3H3,(H,25,30)(H,26,29). The monoisotopic (exact) mass is 416 g/mol. The van der Waals surface area contributed by atoms with Gasteiger partial charge in [-0.2, -0.15) is 0 Å². The zero-order valence-corrected chi connectivity index (χ0v) is 19.1. The number of hydrogen-bond donors (Lipinski definition) is 2. The van der Waals surface area contributed by atoms with E-state index >= 15 is 0 Å². The summed E-state index contributed by atoms with van der Waals surface area (Å²) in [7, 11) is 4.06. The van der Waals surface area contributed by atoms with Gasteiger partial charge in [-0.25, -0.2) is 0 Å². The van der Waals surface area contributed by atoms with Gasteiger partial charge in [-0.15, -0.1) is 0 Å². The zero-order valence-electron chi connectivity index (χ0n) is 19.1. The first-order valence-electron chi connectivity index (χ1n) is 11.6. The first kappa shape index (κ1) is 24.2. The van der Waals surface area contributed by atoms with E-state index in [4.69, 9.17) is 0 Å². The molecule has 0 unspecified atom stereocenters. The molecule has 1 fully saturated rings. The van der Waals surface area contributed by atoms with Crippen molar-refractivity contribution in [1.82, 2.24) is 10.2 Å². The van der Waals surface area contributed by atoms with Crippen molar-refractivity contribution < 1.29 is 9.59 Å². The van der Waals surface area contributed by atoms with Crippen LogP contribution in [-0.4, -0.2) is 57.0 Å². The van der Waals surface area contributed by atoms with Crippen molar-refractivity contribution >= 4 is 23.2 Å². The highest BCUT2D eigenvalue weighted by Gasteiger charge is 2.19. The quantitative estimate of drug-likeness (QED) is 0.500. The number of benzene rings is 1. The SMILES string of the molecule is CCCCCCC(=O)Nc1ccc(N2CCCCC2)c(C(=O)NCCCN(C)C)c1. The molecule has 0 saturated carbocycles. The number of amides is 2. The van der Waals surface area contributed by atoms with E-state index in [9.17, 15) is 9.59 Å². The molecule has 1 aliphatic heterocycles. The third-order valence-corrected chi connectivity index (χ3v) is 5.55. The van der Waals surface area contributed by atoms with E-state index in [2.05, 4.69) is 27.4 Å². The Bertz CT molecular complexity index is 669. The van der Waals surface area contributed by atoms with Gasteiger partial charge >= 0.3 is 0 Å². The number of nitrogens with one attached hydrogen (secondary N) is 2. The molecule has 1 saturated heterocycles. The van der Waals surface area contributed by atoms with Gasteiger partial charge in [0.05, 0.1) is 5.56 Å². The molecule has 1 aromatic rings. The number of piperidine rings is 1. The lowest BCUT2D eigenvalue weighted by Gasteiger charge is -2.30. The molecular formula is C24H40N4O2. The average molecular weight is 417 g/mol. The van der Waals surface area contributed by atoms with E-state index in [1.165, 1.54) is 6.42 Å². The van der Waals surface area contributed by atoms with Crippen LogP contribution < -0.4 is 15.5 Å². The third-order valence-electron chi connectivity index (χ3n) is 5.55. The topological polar surface area (TPSA) is 64.7 Å². The summed E-state index contributed by atoms with van der Waals surface area (Å²) < 4.78 is 0. The highest BCUT2D eigenvalue weighted by atomic mass is 16.2. The minimum absolute atomic E-state index is 0.0224. The summed E-state index contributed by atoms with van der Waals surface area (Å²) in [6.07, 6.45) is 9.30. The lowest BCUT2D eigenvalue weighted by molar-refractivity contribution is -0.116. The fourth-order valence-corrected chi connectivity index (χ4v) is 3.83. The Labute approximate surface area is 182 Å². The summed E-state index contributed by atoms with van der Waals surface area (Å²) in [4.78, 5) is 29.7. The molecule has 0 aromatic heterocycles. The maximum Gasteiger partial charge on any atom is 0.253 e. The number of hydrogen-bond acceptors (Lipinski definition) is 4. The van der Waals surface area contributed by atoms with E-state index < -0.39 is 0 Å². The summed E-state index contributed by atoms with van der Waals surface area (Å²) in [5.74, 6) is -0.0393. The van der Waals surface area contributed by atoms with Crippen molar-refractivity contribution in [3.8, 4) is 0 Å². The van der Waals surface area contributed by atoms with E-state index in [-0.39, 0.29) is 11.8 Å². The molecule has 1 aliphatic rings. The van der Waals surface area contributed by atoms with Crippen LogP contribution in [0.2, 0.25) is 0 Å². The van der Waals surface area contributed by atoms with Crippen molar-refractivity contribution in [2.75, 3.05) is 50.5 Å². The number of carbonyl (C=O) groups is 2. The number of unbranched alkanes of at least 4 members (excludes halogenated alkanes) is 3. The molecule has 30 heavy (non-hydrogen) atoms. The van der Waals surface area contributed by atoms with Crippen molar-refractivity contribution in [2.45, 2.75) is 64.7 Å². The van der Waals surface area contributed by atoms with E-state index in [1.54, 1.807) is 0 Å². The molecule has 2 N–H and O–H groups in total. The summed E-state index contributed by atoms with van der Waals surface area (Å²) in [6, 6.07) is 5.76. The second-order valence-electron chi connectivity index (χ2n) is 8.55. The third kappa shape index (κ3) is 8.34. The van der Waals surface area contributed by atoms with Crippen LogP contribution in [0, 0.1) is 0 Å². The predicted octanol–water partition coefficient (Wildman–Crippen LogP) is 4.27. The Balaban J connectivity index is 2.06. The van der Waals surface area contributed by atoms with Gasteiger partial charge in [-0.1, -0.05) is 26.2 Å². The summed E-state index contributed by atoms with van der Waals surface area (Å²) >= 11 is 0. The maximum absolute atomic E-state index is 13.0.